The zero-order valence-electron chi connectivity index (χ0n) is 16.0. The molecule has 5 rings (SSSR count). The van der Waals surface area contributed by atoms with Crippen molar-refractivity contribution in [3.05, 3.63) is 76.7 Å². The van der Waals surface area contributed by atoms with E-state index in [0.717, 1.165) is 34.4 Å². The number of thioether (sulfide) groups is 1. The number of carbonyl (C=O) groups excluding carboxylic acids is 1. The molecular formula is C23H19N3OS2. The van der Waals surface area contributed by atoms with E-state index in [4.69, 9.17) is 0 Å². The van der Waals surface area contributed by atoms with Gasteiger partial charge in [0.05, 0.1) is 10.6 Å². The van der Waals surface area contributed by atoms with Crippen LogP contribution in [-0.4, -0.2) is 26.3 Å². The maximum absolute atomic E-state index is 12.9. The minimum atomic E-state index is 0.116. The Bertz CT molecular complexity index is 1190. The van der Waals surface area contributed by atoms with E-state index in [1.165, 1.54) is 34.0 Å². The number of aromatic nitrogens is 3. The number of Topliss-reactive ketones (excluding diaryl/α,β-unsaturated/α-hetero) is 1. The Balaban J connectivity index is 1.35. The number of nitrogens with zero attached hydrogens (tertiary/aromatic N) is 3. The molecule has 4 aromatic rings. The number of rotatable bonds is 6. The monoisotopic (exact) mass is 417 g/mol. The number of benzene rings is 2. The second-order valence-electron chi connectivity index (χ2n) is 6.95. The topological polar surface area (TPSA) is 47.8 Å². The van der Waals surface area contributed by atoms with Gasteiger partial charge in [-0.2, -0.15) is 0 Å². The Morgan fingerprint density at radius 1 is 1.07 bits per heavy atom. The lowest BCUT2D eigenvalue weighted by Crippen LogP contribution is -2.05. The summed E-state index contributed by atoms with van der Waals surface area (Å²) >= 11 is 3.10. The Hall–Kier alpha value is -2.70. The van der Waals surface area contributed by atoms with Crippen LogP contribution in [0.1, 0.15) is 28.4 Å². The first kappa shape index (κ1) is 18.3. The maximum atomic E-state index is 12.9. The van der Waals surface area contributed by atoms with E-state index >= 15 is 0 Å². The molecule has 0 saturated heterocycles. The van der Waals surface area contributed by atoms with Gasteiger partial charge in [-0.1, -0.05) is 54.2 Å². The van der Waals surface area contributed by atoms with Crippen LogP contribution >= 0.6 is 23.1 Å². The van der Waals surface area contributed by atoms with Crippen LogP contribution in [0.25, 0.3) is 21.8 Å². The number of carbonyl (C=O) groups is 1. The van der Waals surface area contributed by atoms with Crippen LogP contribution in [0.4, 0.5) is 0 Å². The third kappa shape index (κ3) is 3.32. The first-order valence-electron chi connectivity index (χ1n) is 9.59. The van der Waals surface area contributed by atoms with E-state index in [1.54, 1.807) is 11.3 Å². The number of thiophene rings is 1. The van der Waals surface area contributed by atoms with Crippen molar-refractivity contribution >= 4 is 28.9 Å². The predicted octanol–water partition coefficient (Wildman–Crippen LogP) is 5.57. The Morgan fingerprint density at radius 2 is 1.93 bits per heavy atom. The highest BCUT2D eigenvalue weighted by Gasteiger charge is 2.20. The average molecular weight is 418 g/mol. The molecule has 0 amide bonds. The molecule has 6 heteroatoms. The van der Waals surface area contributed by atoms with Crippen molar-refractivity contribution in [1.29, 1.82) is 0 Å². The maximum Gasteiger partial charge on any atom is 0.191 e. The largest absolute Gasteiger partial charge is 0.302 e. The van der Waals surface area contributed by atoms with Gasteiger partial charge in [-0.15, -0.1) is 21.5 Å². The van der Waals surface area contributed by atoms with Gasteiger partial charge in [0.15, 0.2) is 16.8 Å². The fourth-order valence-electron chi connectivity index (χ4n) is 3.78. The molecule has 2 aromatic heterocycles. The first-order chi connectivity index (χ1) is 14.2. The van der Waals surface area contributed by atoms with Crippen molar-refractivity contribution in [3.8, 4) is 21.8 Å². The van der Waals surface area contributed by atoms with E-state index in [9.17, 15) is 4.79 Å². The standard InChI is InChI=1S/C23H19N3OS2/c1-2-26-22(21-8-5-11-28-21)24-25-23(26)29-14-20(27)17-10-9-16-12-15-6-3-4-7-18(15)19(16)13-17/h3-11,13H,2,12,14H2,1H3. The second kappa shape index (κ2) is 7.61. The minimum Gasteiger partial charge on any atom is -0.302 e. The molecular weight excluding hydrogens is 398 g/mol. The minimum absolute atomic E-state index is 0.116. The highest BCUT2D eigenvalue weighted by Crippen LogP contribution is 2.37. The SMILES string of the molecule is CCn1c(SCC(=O)c2ccc3c(c2)-c2ccccc2C3)nnc1-c1cccs1. The number of fused-ring (bicyclic) bond motifs is 3. The molecule has 0 spiro atoms. The number of ketones is 1. The quantitative estimate of drug-likeness (QED) is 0.268. The molecule has 0 fully saturated rings. The van der Waals surface area contributed by atoms with Gasteiger partial charge in [0.1, 0.15) is 0 Å². The van der Waals surface area contributed by atoms with Gasteiger partial charge < -0.3 is 4.57 Å². The van der Waals surface area contributed by atoms with Gasteiger partial charge in [-0.05, 0) is 53.1 Å². The first-order valence-corrected chi connectivity index (χ1v) is 11.5. The number of hydrogen-bond acceptors (Lipinski definition) is 5. The lowest BCUT2D eigenvalue weighted by molar-refractivity contribution is 0.102. The van der Waals surface area contributed by atoms with Crippen molar-refractivity contribution in [2.75, 3.05) is 5.75 Å². The fraction of sp³-hybridized carbons (Fsp3) is 0.174. The van der Waals surface area contributed by atoms with E-state index in [1.807, 2.05) is 29.6 Å². The van der Waals surface area contributed by atoms with E-state index in [2.05, 4.69) is 52.0 Å². The molecule has 144 valence electrons. The van der Waals surface area contributed by atoms with Gasteiger partial charge in [-0.25, -0.2) is 0 Å². The molecule has 0 radical (unpaired) electrons. The van der Waals surface area contributed by atoms with Crippen molar-refractivity contribution < 1.29 is 4.79 Å². The van der Waals surface area contributed by atoms with Crippen LogP contribution < -0.4 is 0 Å². The third-order valence-electron chi connectivity index (χ3n) is 5.23. The van der Waals surface area contributed by atoms with Crippen LogP contribution in [0, 0.1) is 0 Å². The lowest BCUT2D eigenvalue weighted by Gasteiger charge is -2.07. The number of hydrogen-bond donors (Lipinski definition) is 0. The molecule has 0 aliphatic heterocycles. The van der Waals surface area contributed by atoms with Gasteiger partial charge in [-0.3, -0.25) is 4.79 Å². The molecule has 0 atom stereocenters. The smallest absolute Gasteiger partial charge is 0.191 e. The normalized spacial score (nSPS) is 12.0. The van der Waals surface area contributed by atoms with Crippen LogP contribution in [0.3, 0.4) is 0 Å². The molecule has 2 aromatic carbocycles. The van der Waals surface area contributed by atoms with Crippen LogP contribution in [0.2, 0.25) is 0 Å². The van der Waals surface area contributed by atoms with Crippen molar-refractivity contribution in [3.63, 3.8) is 0 Å². The molecule has 1 aliphatic carbocycles. The average Bonchev–Trinajstić information content (AvgIpc) is 3.49. The molecule has 29 heavy (non-hydrogen) atoms. The summed E-state index contributed by atoms with van der Waals surface area (Å²) in [6.07, 6.45) is 0.944. The van der Waals surface area contributed by atoms with Gasteiger partial charge >= 0.3 is 0 Å². The summed E-state index contributed by atoms with van der Waals surface area (Å²) in [5.41, 5.74) is 5.82. The molecule has 0 bridgehead atoms. The Morgan fingerprint density at radius 3 is 2.76 bits per heavy atom. The summed E-state index contributed by atoms with van der Waals surface area (Å²) in [6.45, 7) is 2.84. The summed E-state index contributed by atoms with van der Waals surface area (Å²) in [4.78, 5) is 14.0. The van der Waals surface area contributed by atoms with Crippen LogP contribution in [0.15, 0.2) is 65.1 Å². The van der Waals surface area contributed by atoms with Crippen molar-refractivity contribution in [1.82, 2.24) is 14.8 Å². The lowest BCUT2D eigenvalue weighted by atomic mass is 10.0. The van der Waals surface area contributed by atoms with Crippen LogP contribution in [-0.2, 0) is 13.0 Å². The Labute approximate surface area is 177 Å². The molecule has 4 nitrogen and oxygen atoms in total. The van der Waals surface area contributed by atoms with Crippen molar-refractivity contribution in [2.24, 2.45) is 0 Å². The molecule has 1 aliphatic rings. The molecule has 0 unspecified atom stereocenters. The highest BCUT2D eigenvalue weighted by atomic mass is 32.2. The molecule has 0 N–H and O–H groups in total. The zero-order chi connectivity index (χ0) is 19.8. The molecule has 0 saturated carbocycles. The highest BCUT2D eigenvalue weighted by molar-refractivity contribution is 7.99. The third-order valence-corrected chi connectivity index (χ3v) is 7.06. The Kier molecular flexibility index (Phi) is 4.81. The van der Waals surface area contributed by atoms with Gasteiger partial charge in [0, 0.05) is 12.1 Å². The molecule has 2 heterocycles. The summed E-state index contributed by atoms with van der Waals surface area (Å²) in [5.74, 6) is 1.33. The second-order valence-corrected chi connectivity index (χ2v) is 8.84. The van der Waals surface area contributed by atoms with E-state index in [-0.39, 0.29) is 5.78 Å². The van der Waals surface area contributed by atoms with Gasteiger partial charge in [0.25, 0.3) is 0 Å². The summed E-state index contributed by atoms with van der Waals surface area (Å²) in [6, 6.07) is 18.6. The summed E-state index contributed by atoms with van der Waals surface area (Å²) in [5, 5.41) is 11.5. The van der Waals surface area contributed by atoms with E-state index < -0.39 is 0 Å². The summed E-state index contributed by atoms with van der Waals surface area (Å²) < 4.78 is 2.07. The van der Waals surface area contributed by atoms with E-state index in [0.29, 0.717) is 5.75 Å². The van der Waals surface area contributed by atoms with Crippen LogP contribution in [0.5, 0.6) is 0 Å². The van der Waals surface area contributed by atoms with Crippen molar-refractivity contribution in [2.45, 2.75) is 25.0 Å². The summed E-state index contributed by atoms with van der Waals surface area (Å²) in [7, 11) is 0. The predicted molar refractivity (Wildman–Crippen MR) is 119 cm³/mol. The zero-order valence-corrected chi connectivity index (χ0v) is 17.6. The fourth-order valence-corrected chi connectivity index (χ4v) is 5.39. The van der Waals surface area contributed by atoms with Gasteiger partial charge in [0.2, 0.25) is 0 Å².